The standard InChI is InChI=1S/C37H31N3O6S2/c1-46-37(43)32-30-19-18-25(23-10-4-2-5-11-23)21-31(30)48-36(32)39-35(42)33(24-12-6-3-7-13-24)47-29-17-9-15-27(22-29)38-34(41)26-14-8-16-28(20-26)40(44)45/h2-17,20,22,25,33H,18-19,21H2,1H3,(H,38,41)(H,39,42). The van der Waals surface area contributed by atoms with E-state index in [0.29, 0.717) is 33.5 Å². The number of nitro groups is 1. The summed E-state index contributed by atoms with van der Waals surface area (Å²) in [5, 5.41) is 16.8. The summed E-state index contributed by atoms with van der Waals surface area (Å²) in [6, 6.07) is 32.2. The minimum Gasteiger partial charge on any atom is -0.465 e. The Kier molecular flexibility index (Phi) is 9.98. The van der Waals surface area contributed by atoms with Crippen LogP contribution in [0.2, 0.25) is 0 Å². The number of nitrogens with one attached hydrogen (secondary N) is 2. The van der Waals surface area contributed by atoms with Crippen molar-refractivity contribution in [1.29, 1.82) is 0 Å². The van der Waals surface area contributed by atoms with Crippen molar-refractivity contribution in [1.82, 2.24) is 0 Å². The van der Waals surface area contributed by atoms with E-state index in [1.165, 1.54) is 60.0 Å². The second kappa shape index (κ2) is 14.7. The summed E-state index contributed by atoms with van der Waals surface area (Å²) in [6.07, 6.45) is 2.37. The van der Waals surface area contributed by atoms with E-state index in [1.807, 2.05) is 54.6 Å². The van der Waals surface area contributed by atoms with E-state index in [0.717, 1.165) is 28.8 Å². The number of carbonyl (C=O) groups is 3. The number of ether oxygens (including phenoxy) is 1. The first kappa shape index (κ1) is 32.7. The average Bonchev–Trinajstić information content (AvgIpc) is 3.48. The molecule has 4 aromatic carbocycles. The van der Waals surface area contributed by atoms with Gasteiger partial charge in [0.25, 0.3) is 11.6 Å². The molecule has 1 aliphatic rings. The Labute approximate surface area is 285 Å². The molecule has 2 N–H and O–H groups in total. The Morgan fingerprint density at radius 2 is 1.65 bits per heavy atom. The SMILES string of the molecule is COC(=O)c1c(NC(=O)C(Sc2cccc(NC(=O)c3cccc([N+](=O)[O-])c3)c2)c2ccccc2)sc2c1CCC(c1ccccc1)C2. The van der Waals surface area contributed by atoms with E-state index in [4.69, 9.17) is 4.74 Å². The number of amides is 2. The lowest BCUT2D eigenvalue weighted by molar-refractivity contribution is -0.384. The molecule has 0 radical (unpaired) electrons. The van der Waals surface area contributed by atoms with Crippen molar-refractivity contribution in [3.63, 3.8) is 0 Å². The third-order valence-electron chi connectivity index (χ3n) is 8.17. The number of benzene rings is 4. The van der Waals surface area contributed by atoms with Crippen molar-refractivity contribution in [2.45, 2.75) is 35.3 Å². The summed E-state index contributed by atoms with van der Waals surface area (Å²) in [4.78, 5) is 52.5. The summed E-state index contributed by atoms with van der Waals surface area (Å²) >= 11 is 2.73. The van der Waals surface area contributed by atoms with Crippen LogP contribution in [0.15, 0.2) is 114 Å². The number of hydrogen-bond acceptors (Lipinski definition) is 8. The maximum Gasteiger partial charge on any atom is 0.341 e. The zero-order valence-electron chi connectivity index (χ0n) is 25.9. The summed E-state index contributed by atoms with van der Waals surface area (Å²) in [5.74, 6) is -0.953. The first-order valence-electron chi connectivity index (χ1n) is 15.3. The predicted molar refractivity (Wildman–Crippen MR) is 188 cm³/mol. The number of rotatable bonds is 10. The van der Waals surface area contributed by atoms with Gasteiger partial charge in [-0.05, 0) is 66.1 Å². The zero-order chi connectivity index (χ0) is 33.6. The van der Waals surface area contributed by atoms with Crippen molar-refractivity contribution in [2.24, 2.45) is 0 Å². The topological polar surface area (TPSA) is 128 Å². The lowest BCUT2D eigenvalue weighted by atomic mass is 9.83. The van der Waals surface area contributed by atoms with E-state index in [9.17, 15) is 24.5 Å². The summed E-state index contributed by atoms with van der Waals surface area (Å²) in [5.41, 5.74) is 3.81. The van der Waals surface area contributed by atoms with Gasteiger partial charge in [0.05, 0.1) is 17.6 Å². The van der Waals surface area contributed by atoms with Gasteiger partial charge in [-0.15, -0.1) is 23.1 Å². The minimum atomic E-state index is -0.699. The van der Waals surface area contributed by atoms with Gasteiger partial charge in [0.1, 0.15) is 10.3 Å². The molecule has 0 spiro atoms. The molecular formula is C37H31N3O6S2. The number of nitro benzene ring substituents is 1. The molecule has 11 heteroatoms. The Hall–Kier alpha value is -5.26. The summed E-state index contributed by atoms with van der Waals surface area (Å²) in [6.45, 7) is 0. The molecular weight excluding hydrogens is 647 g/mol. The van der Waals surface area contributed by atoms with Crippen molar-refractivity contribution in [3.05, 3.63) is 152 Å². The highest BCUT2D eigenvalue weighted by Crippen LogP contribution is 2.44. The number of carbonyl (C=O) groups excluding carboxylic acids is 3. The molecule has 2 amide bonds. The van der Waals surface area contributed by atoms with Gasteiger partial charge in [-0.2, -0.15) is 0 Å². The normalized spacial score (nSPS) is 14.3. The molecule has 1 aliphatic carbocycles. The third-order valence-corrected chi connectivity index (χ3v) is 10.6. The van der Waals surface area contributed by atoms with Crippen LogP contribution in [-0.2, 0) is 22.4 Å². The lowest BCUT2D eigenvalue weighted by Gasteiger charge is -2.22. The second-order valence-electron chi connectivity index (χ2n) is 11.2. The first-order chi connectivity index (χ1) is 23.3. The first-order valence-corrected chi connectivity index (χ1v) is 17.0. The van der Waals surface area contributed by atoms with Gasteiger partial charge in [-0.25, -0.2) is 4.79 Å². The van der Waals surface area contributed by atoms with Gasteiger partial charge < -0.3 is 15.4 Å². The largest absolute Gasteiger partial charge is 0.465 e. The smallest absolute Gasteiger partial charge is 0.341 e. The van der Waals surface area contributed by atoms with Gasteiger partial charge in [-0.3, -0.25) is 19.7 Å². The molecule has 5 aromatic rings. The van der Waals surface area contributed by atoms with Crippen LogP contribution in [0.4, 0.5) is 16.4 Å². The van der Waals surface area contributed by atoms with Crippen molar-refractivity contribution in [2.75, 3.05) is 17.7 Å². The number of anilines is 2. The fourth-order valence-electron chi connectivity index (χ4n) is 5.83. The number of nitrogens with zero attached hydrogens (tertiary/aromatic N) is 1. The number of methoxy groups -OCH3 is 1. The number of thioether (sulfide) groups is 1. The molecule has 48 heavy (non-hydrogen) atoms. The quantitative estimate of drug-likeness (QED) is 0.0657. The van der Waals surface area contributed by atoms with Crippen LogP contribution in [0, 0.1) is 10.1 Å². The molecule has 1 aromatic heterocycles. The molecule has 9 nitrogen and oxygen atoms in total. The maximum atomic E-state index is 14.1. The second-order valence-corrected chi connectivity index (χ2v) is 13.5. The average molecular weight is 678 g/mol. The van der Waals surface area contributed by atoms with Crippen molar-refractivity contribution >= 4 is 57.3 Å². The zero-order valence-corrected chi connectivity index (χ0v) is 27.5. The van der Waals surface area contributed by atoms with E-state index < -0.39 is 22.0 Å². The molecule has 0 fully saturated rings. The fourth-order valence-corrected chi connectivity index (χ4v) is 8.23. The fraction of sp³-hybridized carbons (Fsp3) is 0.162. The Bertz CT molecular complexity index is 1980. The number of hydrogen-bond donors (Lipinski definition) is 2. The molecule has 0 saturated heterocycles. The van der Waals surface area contributed by atoms with Gasteiger partial charge in [0.15, 0.2) is 0 Å². The van der Waals surface area contributed by atoms with Crippen LogP contribution in [0.3, 0.4) is 0 Å². The lowest BCUT2D eigenvalue weighted by Crippen LogP contribution is -2.20. The van der Waals surface area contributed by atoms with E-state index >= 15 is 0 Å². The molecule has 2 unspecified atom stereocenters. The number of thiophene rings is 1. The van der Waals surface area contributed by atoms with Crippen LogP contribution in [0.25, 0.3) is 0 Å². The van der Waals surface area contributed by atoms with Crippen LogP contribution < -0.4 is 10.6 Å². The van der Waals surface area contributed by atoms with Gasteiger partial charge >= 0.3 is 5.97 Å². The highest BCUT2D eigenvalue weighted by atomic mass is 32.2. The molecule has 0 aliphatic heterocycles. The molecule has 2 atom stereocenters. The monoisotopic (exact) mass is 677 g/mol. The molecule has 1 heterocycles. The molecule has 242 valence electrons. The highest BCUT2D eigenvalue weighted by Gasteiger charge is 2.32. The molecule has 0 bridgehead atoms. The number of esters is 1. The van der Waals surface area contributed by atoms with E-state index in [1.54, 1.807) is 18.2 Å². The van der Waals surface area contributed by atoms with Gasteiger partial charge in [-0.1, -0.05) is 72.8 Å². The Morgan fingerprint density at radius 1 is 0.917 bits per heavy atom. The van der Waals surface area contributed by atoms with Crippen molar-refractivity contribution < 1.29 is 24.0 Å². The predicted octanol–water partition coefficient (Wildman–Crippen LogP) is 8.44. The van der Waals surface area contributed by atoms with Crippen molar-refractivity contribution in [3.8, 4) is 0 Å². The maximum absolute atomic E-state index is 14.1. The van der Waals surface area contributed by atoms with Crippen LogP contribution in [-0.4, -0.2) is 29.8 Å². The summed E-state index contributed by atoms with van der Waals surface area (Å²) in [7, 11) is 1.35. The van der Waals surface area contributed by atoms with E-state index in [2.05, 4.69) is 22.8 Å². The van der Waals surface area contributed by atoms with Gasteiger partial charge in [0, 0.05) is 33.2 Å². The third kappa shape index (κ3) is 7.32. The highest BCUT2D eigenvalue weighted by molar-refractivity contribution is 8.00. The van der Waals surface area contributed by atoms with Crippen LogP contribution in [0.1, 0.15) is 59.9 Å². The number of fused-ring (bicyclic) bond motifs is 1. The molecule has 6 rings (SSSR count). The Morgan fingerprint density at radius 3 is 2.38 bits per heavy atom. The van der Waals surface area contributed by atoms with Crippen LogP contribution >= 0.6 is 23.1 Å². The Balaban J connectivity index is 1.25. The van der Waals surface area contributed by atoms with Crippen LogP contribution in [0.5, 0.6) is 0 Å². The minimum absolute atomic E-state index is 0.152. The molecule has 0 saturated carbocycles. The number of non-ortho nitro benzene ring substituents is 1. The van der Waals surface area contributed by atoms with Gasteiger partial charge in [0.2, 0.25) is 5.91 Å². The van der Waals surface area contributed by atoms with E-state index in [-0.39, 0.29) is 17.2 Å². The summed E-state index contributed by atoms with van der Waals surface area (Å²) < 4.78 is 5.17.